The van der Waals surface area contributed by atoms with Crippen LogP contribution < -0.4 is 0 Å². The lowest BCUT2D eigenvalue weighted by Gasteiger charge is -2.56. The molecule has 1 fully saturated rings. The van der Waals surface area contributed by atoms with Crippen LogP contribution in [0, 0.1) is 10.8 Å². The summed E-state index contributed by atoms with van der Waals surface area (Å²) in [5.74, 6) is 1.27. The fourth-order valence-electron chi connectivity index (χ4n) is 3.07. The topological polar surface area (TPSA) is 3.24 Å². The van der Waals surface area contributed by atoms with E-state index in [-0.39, 0.29) is 5.54 Å². The number of thioether (sulfide) groups is 1. The van der Waals surface area contributed by atoms with Crippen molar-refractivity contribution in [2.24, 2.45) is 10.8 Å². The Bertz CT molecular complexity index is 255. The van der Waals surface area contributed by atoms with Crippen LogP contribution in [0.25, 0.3) is 0 Å². The minimum atomic E-state index is 0.266. The van der Waals surface area contributed by atoms with Crippen molar-refractivity contribution in [2.45, 2.75) is 79.1 Å². The van der Waals surface area contributed by atoms with Crippen molar-refractivity contribution in [1.82, 2.24) is 4.90 Å². The van der Waals surface area contributed by atoms with Crippen LogP contribution in [0.3, 0.4) is 0 Å². The van der Waals surface area contributed by atoms with Crippen LogP contribution in [0.15, 0.2) is 0 Å². The largest absolute Gasteiger partial charge is 0.293 e. The Morgan fingerprint density at radius 1 is 0.833 bits per heavy atom. The molecule has 1 heterocycles. The zero-order chi connectivity index (χ0) is 14.4. The van der Waals surface area contributed by atoms with Crippen LogP contribution in [0.2, 0.25) is 0 Å². The third-order valence-electron chi connectivity index (χ3n) is 3.85. The lowest BCUT2D eigenvalue weighted by molar-refractivity contribution is 0.00488. The molecule has 0 saturated carbocycles. The maximum absolute atomic E-state index is 2.75. The molecule has 1 aliphatic rings. The van der Waals surface area contributed by atoms with Gasteiger partial charge in [0.15, 0.2) is 0 Å². The predicted molar refractivity (Wildman–Crippen MR) is 85.4 cm³/mol. The van der Waals surface area contributed by atoms with E-state index in [0.717, 1.165) is 0 Å². The molecule has 0 radical (unpaired) electrons. The van der Waals surface area contributed by atoms with Gasteiger partial charge in [-0.25, -0.2) is 0 Å². The molecular weight excluding hydrogens is 238 g/mol. The van der Waals surface area contributed by atoms with Gasteiger partial charge < -0.3 is 0 Å². The summed E-state index contributed by atoms with van der Waals surface area (Å²) in [7, 11) is 0. The van der Waals surface area contributed by atoms with E-state index < -0.39 is 0 Å². The lowest BCUT2D eigenvalue weighted by Crippen LogP contribution is -2.62. The minimum absolute atomic E-state index is 0.266. The van der Waals surface area contributed by atoms with Crippen LogP contribution in [0.4, 0.5) is 0 Å². The SMILES string of the molecule is CC(C)(C)C1SCCN(C(C)(C)C)C1C(C)(C)C. The van der Waals surface area contributed by atoms with E-state index in [9.17, 15) is 0 Å². The van der Waals surface area contributed by atoms with Gasteiger partial charge in [0, 0.05) is 29.1 Å². The van der Waals surface area contributed by atoms with Gasteiger partial charge in [0.2, 0.25) is 0 Å². The molecule has 0 bridgehead atoms. The zero-order valence-electron chi connectivity index (χ0n) is 13.9. The quantitative estimate of drug-likeness (QED) is 0.630. The lowest BCUT2D eigenvalue weighted by atomic mass is 9.74. The second-order valence-corrected chi connectivity index (χ2v) is 10.1. The van der Waals surface area contributed by atoms with Crippen LogP contribution in [-0.2, 0) is 0 Å². The Balaban J connectivity index is 3.14. The molecule has 0 amide bonds. The first-order chi connectivity index (χ1) is 7.85. The molecule has 2 unspecified atom stereocenters. The standard InChI is InChI=1S/C16H33NS/c1-14(2,3)12-13(15(4,5)6)18-11-10-17(12)16(7,8)9/h12-13H,10-11H2,1-9H3. The number of nitrogens with zero attached hydrogens (tertiary/aromatic N) is 1. The van der Waals surface area contributed by atoms with Crippen molar-refractivity contribution >= 4 is 11.8 Å². The molecule has 1 nitrogen and oxygen atoms in total. The van der Waals surface area contributed by atoms with E-state index >= 15 is 0 Å². The fourth-order valence-corrected chi connectivity index (χ4v) is 4.86. The number of hydrogen-bond donors (Lipinski definition) is 0. The van der Waals surface area contributed by atoms with Crippen molar-refractivity contribution in [2.75, 3.05) is 12.3 Å². The van der Waals surface area contributed by atoms with Gasteiger partial charge in [0.25, 0.3) is 0 Å². The average molecular weight is 272 g/mol. The highest BCUT2D eigenvalue weighted by Gasteiger charge is 2.47. The van der Waals surface area contributed by atoms with Gasteiger partial charge in [0.05, 0.1) is 0 Å². The second kappa shape index (κ2) is 5.01. The minimum Gasteiger partial charge on any atom is -0.293 e. The molecule has 2 atom stereocenters. The van der Waals surface area contributed by atoms with Crippen molar-refractivity contribution in [3.05, 3.63) is 0 Å². The molecule has 0 aromatic heterocycles. The zero-order valence-corrected chi connectivity index (χ0v) is 14.7. The maximum atomic E-state index is 2.75. The number of hydrogen-bond acceptors (Lipinski definition) is 2. The Labute approximate surface area is 119 Å². The molecule has 2 heteroatoms. The molecule has 0 N–H and O–H groups in total. The third-order valence-corrected chi connectivity index (χ3v) is 5.60. The Kier molecular flexibility index (Phi) is 4.56. The second-order valence-electron chi connectivity index (χ2n) is 8.83. The summed E-state index contributed by atoms with van der Waals surface area (Å²) in [5, 5.41) is 0.713. The van der Waals surface area contributed by atoms with Crippen molar-refractivity contribution < 1.29 is 0 Å². The average Bonchev–Trinajstić information content (AvgIpc) is 2.12. The van der Waals surface area contributed by atoms with Crippen LogP contribution in [-0.4, -0.2) is 34.0 Å². The van der Waals surface area contributed by atoms with Gasteiger partial charge >= 0.3 is 0 Å². The molecule has 0 aromatic carbocycles. The highest BCUT2D eigenvalue weighted by atomic mass is 32.2. The first-order valence-corrected chi connectivity index (χ1v) is 8.28. The summed E-state index contributed by atoms with van der Waals surface area (Å²) < 4.78 is 0. The van der Waals surface area contributed by atoms with E-state index in [4.69, 9.17) is 0 Å². The van der Waals surface area contributed by atoms with Gasteiger partial charge in [-0.15, -0.1) is 0 Å². The molecule has 0 aliphatic carbocycles. The van der Waals surface area contributed by atoms with Crippen LogP contribution >= 0.6 is 11.8 Å². The normalized spacial score (nSPS) is 28.5. The summed E-state index contributed by atoms with van der Waals surface area (Å²) in [6.45, 7) is 22.7. The van der Waals surface area contributed by atoms with E-state index in [1.165, 1.54) is 12.3 Å². The smallest absolute Gasteiger partial charge is 0.0273 e. The molecule has 18 heavy (non-hydrogen) atoms. The Morgan fingerprint density at radius 2 is 1.33 bits per heavy atom. The highest BCUT2D eigenvalue weighted by molar-refractivity contribution is 8.00. The summed E-state index contributed by atoms with van der Waals surface area (Å²) in [6, 6.07) is 0.649. The molecular formula is C16H33NS. The maximum Gasteiger partial charge on any atom is 0.0273 e. The molecule has 0 aromatic rings. The van der Waals surface area contributed by atoms with Gasteiger partial charge in [-0.3, -0.25) is 4.90 Å². The molecule has 0 spiro atoms. The van der Waals surface area contributed by atoms with E-state index in [1.807, 2.05) is 0 Å². The predicted octanol–water partition coefficient (Wildman–Crippen LogP) is 4.66. The van der Waals surface area contributed by atoms with Crippen molar-refractivity contribution in [1.29, 1.82) is 0 Å². The molecule has 108 valence electrons. The summed E-state index contributed by atoms with van der Waals surface area (Å²) in [6.07, 6.45) is 0. The molecule has 1 saturated heterocycles. The van der Waals surface area contributed by atoms with Gasteiger partial charge in [0.1, 0.15) is 0 Å². The number of rotatable bonds is 0. The van der Waals surface area contributed by atoms with E-state index in [2.05, 4.69) is 79.0 Å². The summed E-state index contributed by atoms with van der Waals surface area (Å²) in [5.41, 5.74) is 0.966. The molecule has 1 rings (SSSR count). The van der Waals surface area contributed by atoms with Crippen LogP contribution in [0.1, 0.15) is 62.3 Å². The fraction of sp³-hybridized carbons (Fsp3) is 1.00. The van der Waals surface area contributed by atoms with Gasteiger partial charge in [-0.05, 0) is 31.6 Å². The van der Waals surface area contributed by atoms with Crippen LogP contribution in [0.5, 0.6) is 0 Å². The molecule has 1 aliphatic heterocycles. The monoisotopic (exact) mass is 271 g/mol. The first-order valence-electron chi connectivity index (χ1n) is 7.23. The highest BCUT2D eigenvalue weighted by Crippen LogP contribution is 2.46. The third kappa shape index (κ3) is 3.66. The Morgan fingerprint density at radius 3 is 1.67 bits per heavy atom. The Hall–Kier alpha value is 0.310. The van der Waals surface area contributed by atoms with E-state index in [0.29, 0.717) is 22.1 Å². The van der Waals surface area contributed by atoms with Crippen molar-refractivity contribution in [3.8, 4) is 0 Å². The van der Waals surface area contributed by atoms with Crippen molar-refractivity contribution in [3.63, 3.8) is 0 Å². The van der Waals surface area contributed by atoms with E-state index in [1.54, 1.807) is 0 Å². The first kappa shape index (κ1) is 16.4. The van der Waals surface area contributed by atoms with Gasteiger partial charge in [-0.1, -0.05) is 41.5 Å². The summed E-state index contributed by atoms with van der Waals surface area (Å²) in [4.78, 5) is 2.75. The van der Waals surface area contributed by atoms with Gasteiger partial charge in [-0.2, -0.15) is 11.8 Å². The summed E-state index contributed by atoms with van der Waals surface area (Å²) >= 11 is 2.18.